The fourth-order valence-corrected chi connectivity index (χ4v) is 4.78. The Hall–Kier alpha value is -2.79. The molecule has 0 saturated heterocycles. The molecule has 5 nitrogen and oxygen atoms in total. The fourth-order valence-electron chi connectivity index (χ4n) is 4.78. The van der Waals surface area contributed by atoms with E-state index in [9.17, 15) is 36.2 Å². The minimum atomic E-state index is -4.97. The van der Waals surface area contributed by atoms with Crippen LogP contribution in [-0.2, 0) is 27.2 Å². The molecule has 1 aliphatic carbocycles. The number of carbonyl (C=O) groups is 1. The molecule has 0 aromatic heterocycles. The van der Waals surface area contributed by atoms with E-state index in [0.29, 0.717) is 12.1 Å². The average molecular weight is 548 g/mol. The van der Waals surface area contributed by atoms with E-state index in [1.54, 1.807) is 39.0 Å². The molecular formula is C27H31F6NO4. The molecule has 0 aliphatic heterocycles. The first-order chi connectivity index (χ1) is 17.4. The predicted octanol–water partition coefficient (Wildman–Crippen LogP) is 6.79. The summed E-state index contributed by atoms with van der Waals surface area (Å²) in [7, 11) is 0. The van der Waals surface area contributed by atoms with Crippen LogP contribution < -0.4 is 5.32 Å². The number of nitrogens with one attached hydrogen (secondary N) is 1. The minimum Gasteiger partial charge on any atom is -0.444 e. The molecule has 2 N–H and O–H groups in total. The Morgan fingerprint density at radius 1 is 0.974 bits per heavy atom. The van der Waals surface area contributed by atoms with Gasteiger partial charge in [0.1, 0.15) is 5.60 Å². The van der Waals surface area contributed by atoms with Gasteiger partial charge >= 0.3 is 18.4 Å². The molecule has 1 atom stereocenters. The Morgan fingerprint density at radius 3 is 1.95 bits per heavy atom. The lowest BCUT2D eigenvalue weighted by molar-refractivity contribution is -0.143. The van der Waals surface area contributed by atoms with Crippen LogP contribution in [-0.4, -0.2) is 35.6 Å². The molecule has 0 radical (unpaired) electrons. The highest BCUT2D eigenvalue weighted by Gasteiger charge is 2.56. The van der Waals surface area contributed by atoms with Crippen LogP contribution in [0.4, 0.5) is 31.1 Å². The van der Waals surface area contributed by atoms with E-state index in [0.717, 1.165) is 5.56 Å². The Balaban J connectivity index is 1.85. The fraction of sp³-hybridized carbons (Fsp3) is 0.519. The first-order valence-corrected chi connectivity index (χ1v) is 12.0. The third kappa shape index (κ3) is 6.99. The number of benzene rings is 2. The van der Waals surface area contributed by atoms with Crippen LogP contribution in [0.3, 0.4) is 0 Å². The van der Waals surface area contributed by atoms with E-state index in [1.807, 2.05) is 12.1 Å². The van der Waals surface area contributed by atoms with Crippen LogP contribution in [0.25, 0.3) is 0 Å². The van der Waals surface area contributed by atoms with Crippen molar-refractivity contribution in [2.75, 3.05) is 13.2 Å². The van der Waals surface area contributed by atoms with Crippen LogP contribution in [0.2, 0.25) is 0 Å². The second-order valence-electron chi connectivity index (χ2n) is 10.9. The van der Waals surface area contributed by atoms with Crippen molar-refractivity contribution in [3.05, 3.63) is 70.8 Å². The van der Waals surface area contributed by atoms with E-state index >= 15 is 0 Å². The van der Waals surface area contributed by atoms with Gasteiger partial charge < -0.3 is 19.9 Å². The monoisotopic (exact) mass is 547 g/mol. The van der Waals surface area contributed by atoms with Crippen molar-refractivity contribution in [2.45, 2.75) is 75.5 Å². The normalized spacial score (nSPS) is 22.9. The summed E-state index contributed by atoms with van der Waals surface area (Å²) in [5.41, 5.74) is -4.87. The van der Waals surface area contributed by atoms with E-state index in [2.05, 4.69) is 5.32 Å². The summed E-state index contributed by atoms with van der Waals surface area (Å²) in [4.78, 5) is 12.4. The van der Waals surface area contributed by atoms with Crippen LogP contribution in [0.1, 0.15) is 68.9 Å². The topological polar surface area (TPSA) is 67.8 Å². The number of alkyl carbamates (subject to hydrolysis) is 1. The molecule has 0 spiro atoms. The summed E-state index contributed by atoms with van der Waals surface area (Å²) < 4.78 is 91.1. The van der Waals surface area contributed by atoms with E-state index < -0.39 is 58.8 Å². The largest absolute Gasteiger partial charge is 0.444 e. The molecule has 1 unspecified atom stereocenters. The highest BCUT2D eigenvalue weighted by molar-refractivity contribution is 5.69. The van der Waals surface area contributed by atoms with Gasteiger partial charge in [-0.05, 0) is 69.9 Å². The molecule has 0 heterocycles. The third-order valence-corrected chi connectivity index (χ3v) is 6.50. The summed E-state index contributed by atoms with van der Waals surface area (Å²) in [6.07, 6.45) is -11.3. The van der Waals surface area contributed by atoms with E-state index in [4.69, 9.17) is 9.47 Å². The molecular weight excluding hydrogens is 516 g/mol. The van der Waals surface area contributed by atoms with Crippen molar-refractivity contribution < 1.29 is 45.7 Å². The molecule has 3 rings (SSSR count). The number of halogens is 6. The summed E-state index contributed by atoms with van der Waals surface area (Å²) in [6, 6.07) is 10.4. The predicted molar refractivity (Wildman–Crippen MR) is 127 cm³/mol. The van der Waals surface area contributed by atoms with Crippen molar-refractivity contribution in [1.29, 1.82) is 0 Å². The van der Waals surface area contributed by atoms with Crippen molar-refractivity contribution in [3.63, 3.8) is 0 Å². The molecule has 2 aromatic rings. The van der Waals surface area contributed by atoms with Crippen LogP contribution in [0.5, 0.6) is 0 Å². The molecule has 0 bridgehead atoms. The highest BCUT2D eigenvalue weighted by Crippen LogP contribution is 2.51. The van der Waals surface area contributed by atoms with Gasteiger partial charge in [-0.3, -0.25) is 0 Å². The SMILES string of the molecule is CC(OCC1(c2ccccc2)CC(CO)(NC(=O)OC(C)(C)C)C1)c1cc(C(F)(F)F)cc(C(F)(F)F)c1. The number of aliphatic hydroxyl groups excluding tert-OH is 1. The summed E-state index contributed by atoms with van der Waals surface area (Å²) in [6.45, 7) is 5.99. The number of amides is 1. The van der Waals surface area contributed by atoms with Crippen LogP contribution in [0.15, 0.2) is 48.5 Å². The standard InChI is InChI=1S/C27H31F6NO4/c1-17(18-10-20(26(28,29)30)12-21(11-18)27(31,32)33)37-16-24(19-8-6-5-7-9-19)13-25(14-24,15-35)34-22(36)38-23(2,3)4/h5-12,17,35H,13-16H2,1-4H3,(H,34,36). The van der Waals surface area contributed by atoms with Gasteiger partial charge in [-0.1, -0.05) is 30.3 Å². The molecule has 1 saturated carbocycles. The number of ether oxygens (including phenoxy) is 2. The molecule has 210 valence electrons. The molecule has 38 heavy (non-hydrogen) atoms. The lowest BCUT2D eigenvalue weighted by atomic mass is 9.55. The van der Waals surface area contributed by atoms with E-state index in [1.165, 1.54) is 6.92 Å². The number of carbonyl (C=O) groups excluding carboxylic acids is 1. The quantitative estimate of drug-likeness (QED) is 0.375. The van der Waals surface area contributed by atoms with Crippen molar-refractivity contribution >= 4 is 6.09 Å². The van der Waals surface area contributed by atoms with Gasteiger partial charge in [0.05, 0.1) is 36.0 Å². The van der Waals surface area contributed by atoms with Crippen molar-refractivity contribution in [1.82, 2.24) is 5.32 Å². The summed E-state index contributed by atoms with van der Waals surface area (Å²) in [5.74, 6) is 0. The minimum absolute atomic E-state index is 0.0750. The lowest BCUT2D eigenvalue weighted by Gasteiger charge is -2.56. The lowest BCUT2D eigenvalue weighted by Crippen LogP contribution is -2.67. The van der Waals surface area contributed by atoms with Gasteiger partial charge in [0.25, 0.3) is 0 Å². The highest BCUT2D eigenvalue weighted by atomic mass is 19.4. The second kappa shape index (κ2) is 10.4. The summed E-state index contributed by atoms with van der Waals surface area (Å²) >= 11 is 0. The first-order valence-electron chi connectivity index (χ1n) is 12.0. The zero-order valence-electron chi connectivity index (χ0n) is 21.5. The Labute approximate surface area is 217 Å². The van der Waals surface area contributed by atoms with Gasteiger partial charge in [-0.2, -0.15) is 26.3 Å². The smallest absolute Gasteiger partial charge is 0.416 e. The second-order valence-corrected chi connectivity index (χ2v) is 10.9. The number of alkyl halides is 6. The maximum absolute atomic E-state index is 13.3. The number of rotatable bonds is 7. The molecule has 1 amide bonds. The number of hydrogen-bond acceptors (Lipinski definition) is 4. The Bertz CT molecular complexity index is 1090. The van der Waals surface area contributed by atoms with Crippen LogP contribution >= 0.6 is 0 Å². The molecule has 1 aliphatic rings. The van der Waals surface area contributed by atoms with Gasteiger partial charge in [0.15, 0.2) is 0 Å². The van der Waals surface area contributed by atoms with E-state index in [-0.39, 0.29) is 31.1 Å². The zero-order chi connectivity index (χ0) is 28.6. The Kier molecular flexibility index (Phi) is 8.15. The van der Waals surface area contributed by atoms with Gasteiger partial charge in [0.2, 0.25) is 0 Å². The maximum atomic E-state index is 13.3. The molecule has 1 fully saturated rings. The molecule has 11 heteroatoms. The third-order valence-electron chi connectivity index (χ3n) is 6.50. The maximum Gasteiger partial charge on any atom is 0.416 e. The van der Waals surface area contributed by atoms with Crippen molar-refractivity contribution in [2.24, 2.45) is 0 Å². The van der Waals surface area contributed by atoms with Crippen LogP contribution in [0, 0.1) is 0 Å². The number of aliphatic hydroxyl groups is 1. The zero-order valence-corrected chi connectivity index (χ0v) is 21.5. The van der Waals surface area contributed by atoms with Crippen molar-refractivity contribution in [3.8, 4) is 0 Å². The number of hydrogen-bond donors (Lipinski definition) is 2. The average Bonchev–Trinajstić information content (AvgIpc) is 2.78. The van der Waals surface area contributed by atoms with Gasteiger partial charge in [-0.15, -0.1) is 0 Å². The van der Waals surface area contributed by atoms with Gasteiger partial charge in [0, 0.05) is 5.41 Å². The first kappa shape index (κ1) is 29.8. The summed E-state index contributed by atoms with van der Waals surface area (Å²) in [5, 5.41) is 12.8. The van der Waals surface area contributed by atoms with Gasteiger partial charge in [-0.25, -0.2) is 4.79 Å². The molecule has 2 aromatic carbocycles. The Morgan fingerprint density at radius 2 is 1.50 bits per heavy atom.